The summed E-state index contributed by atoms with van der Waals surface area (Å²) in [7, 11) is 0. The molecule has 96 valence electrons. The van der Waals surface area contributed by atoms with Crippen molar-refractivity contribution in [3.05, 3.63) is 77.9 Å². The van der Waals surface area contributed by atoms with Crippen molar-refractivity contribution in [1.82, 2.24) is 4.57 Å². The van der Waals surface area contributed by atoms with Gasteiger partial charge in [0.15, 0.2) is 0 Å². The minimum absolute atomic E-state index is 0.778. The number of hydrogen-bond acceptors (Lipinski definition) is 0. The number of nitrogens with zero attached hydrogens (tertiary/aromatic N) is 1. The van der Waals surface area contributed by atoms with Crippen LogP contribution in [0.2, 0.25) is 5.02 Å². The highest BCUT2D eigenvalue weighted by Crippen LogP contribution is 2.28. The van der Waals surface area contributed by atoms with Gasteiger partial charge in [-0.25, -0.2) is 0 Å². The number of hydrogen-bond donors (Lipinski definition) is 0. The lowest BCUT2D eigenvalue weighted by Crippen LogP contribution is -1.92. The molecule has 0 aliphatic heterocycles. The third-order valence-corrected chi connectivity index (χ3v) is 3.98. The summed E-state index contributed by atoms with van der Waals surface area (Å²) in [6.45, 7) is 0. The molecule has 0 spiro atoms. The molecule has 4 rings (SSSR count). The highest BCUT2D eigenvalue weighted by Gasteiger charge is 2.07. The Morgan fingerprint density at radius 3 is 2.40 bits per heavy atom. The number of halogens is 1. The van der Waals surface area contributed by atoms with Crippen LogP contribution in [-0.4, -0.2) is 4.57 Å². The van der Waals surface area contributed by atoms with Crippen molar-refractivity contribution >= 4 is 33.3 Å². The van der Waals surface area contributed by atoms with E-state index < -0.39 is 0 Å². The van der Waals surface area contributed by atoms with Crippen molar-refractivity contribution in [2.45, 2.75) is 0 Å². The van der Waals surface area contributed by atoms with Gasteiger partial charge in [0.1, 0.15) is 0 Å². The molecule has 4 aromatic rings. The summed E-state index contributed by atoms with van der Waals surface area (Å²) >= 11 is 6.35. The van der Waals surface area contributed by atoms with Crippen LogP contribution in [0.1, 0.15) is 0 Å². The molecule has 3 aromatic carbocycles. The van der Waals surface area contributed by atoms with Crippen LogP contribution in [0.25, 0.3) is 27.4 Å². The average molecular weight is 278 g/mol. The maximum atomic E-state index is 6.35. The summed E-state index contributed by atoms with van der Waals surface area (Å²) in [6, 6.07) is 22.9. The second-order valence-electron chi connectivity index (χ2n) is 4.89. The van der Waals surface area contributed by atoms with Gasteiger partial charge in [-0.2, -0.15) is 0 Å². The van der Waals surface area contributed by atoms with E-state index in [4.69, 9.17) is 11.6 Å². The van der Waals surface area contributed by atoms with Gasteiger partial charge in [-0.05, 0) is 35.0 Å². The molecule has 0 aliphatic rings. The first kappa shape index (κ1) is 11.6. The first-order chi connectivity index (χ1) is 9.83. The second-order valence-corrected chi connectivity index (χ2v) is 5.30. The molecule has 1 nitrogen and oxygen atoms in total. The Bertz CT molecular complexity index is 921. The van der Waals surface area contributed by atoms with Crippen LogP contribution in [0.3, 0.4) is 0 Å². The molecule has 0 amide bonds. The van der Waals surface area contributed by atoms with E-state index in [0.29, 0.717) is 0 Å². The minimum Gasteiger partial charge on any atom is -0.315 e. The van der Waals surface area contributed by atoms with Crippen molar-refractivity contribution in [3.8, 4) is 5.69 Å². The van der Waals surface area contributed by atoms with Crippen LogP contribution < -0.4 is 0 Å². The largest absolute Gasteiger partial charge is 0.315 e. The number of para-hydroxylation sites is 1. The van der Waals surface area contributed by atoms with Gasteiger partial charge >= 0.3 is 0 Å². The normalized spacial score (nSPS) is 11.2. The predicted octanol–water partition coefficient (Wildman–Crippen LogP) is 5.44. The first-order valence-electron chi connectivity index (χ1n) is 6.58. The zero-order chi connectivity index (χ0) is 13.5. The van der Waals surface area contributed by atoms with Gasteiger partial charge in [0.05, 0.1) is 10.5 Å². The first-order valence-corrected chi connectivity index (χ1v) is 6.95. The molecular weight excluding hydrogens is 266 g/mol. The summed E-state index contributed by atoms with van der Waals surface area (Å²) in [5, 5.41) is 4.42. The van der Waals surface area contributed by atoms with E-state index in [0.717, 1.165) is 21.6 Å². The molecule has 0 fully saturated rings. The third-order valence-electron chi connectivity index (χ3n) is 3.67. The fourth-order valence-electron chi connectivity index (χ4n) is 2.69. The third kappa shape index (κ3) is 1.71. The Morgan fingerprint density at radius 2 is 1.50 bits per heavy atom. The molecule has 1 heterocycles. The summed E-state index contributed by atoms with van der Waals surface area (Å²) in [4.78, 5) is 0. The number of benzene rings is 3. The van der Waals surface area contributed by atoms with Crippen molar-refractivity contribution in [2.75, 3.05) is 0 Å². The SMILES string of the molecule is Clc1cccc2ccn(-c3ccc4ccccc4c3)c12. The average Bonchev–Trinajstić information content (AvgIpc) is 2.92. The van der Waals surface area contributed by atoms with E-state index in [9.17, 15) is 0 Å². The number of rotatable bonds is 1. The summed E-state index contributed by atoms with van der Waals surface area (Å²) in [5.41, 5.74) is 2.19. The summed E-state index contributed by atoms with van der Waals surface area (Å²) in [6.07, 6.45) is 2.07. The highest BCUT2D eigenvalue weighted by molar-refractivity contribution is 6.35. The fourth-order valence-corrected chi connectivity index (χ4v) is 2.96. The van der Waals surface area contributed by atoms with Crippen molar-refractivity contribution < 1.29 is 0 Å². The van der Waals surface area contributed by atoms with Crippen molar-refractivity contribution in [2.24, 2.45) is 0 Å². The van der Waals surface area contributed by atoms with E-state index in [1.807, 2.05) is 12.1 Å². The molecule has 2 heteroatoms. The molecule has 0 atom stereocenters. The lowest BCUT2D eigenvalue weighted by molar-refractivity contribution is 1.13. The molecule has 20 heavy (non-hydrogen) atoms. The van der Waals surface area contributed by atoms with E-state index in [2.05, 4.69) is 65.4 Å². The Hall–Kier alpha value is -2.25. The van der Waals surface area contributed by atoms with Gasteiger partial charge in [-0.3, -0.25) is 0 Å². The maximum absolute atomic E-state index is 6.35. The van der Waals surface area contributed by atoms with Gasteiger partial charge in [0.25, 0.3) is 0 Å². The molecule has 0 N–H and O–H groups in total. The van der Waals surface area contributed by atoms with Crippen LogP contribution in [0.5, 0.6) is 0 Å². The summed E-state index contributed by atoms with van der Waals surface area (Å²) in [5.74, 6) is 0. The molecule has 0 unspecified atom stereocenters. The minimum atomic E-state index is 0.778. The van der Waals surface area contributed by atoms with Gasteiger partial charge < -0.3 is 4.57 Å². The van der Waals surface area contributed by atoms with Gasteiger partial charge in [-0.1, -0.05) is 54.1 Å². The van der Waals surface area contributed by atoms with Crippen LogP contribution in [0, 0.1) is 0 Å². The molecule has 0 saturated carbocycles. The van der Waals surface area contributed by atoms with E-state index in [1.165, 1.54) is 10.8 Å². The van der Waals surface area contributed by atoms with E-state index in [-0.39, 0.29) is 0 Å². The molecular formula is C18H12ClN. The van der Waals surface area contributed by atoms with E-state index >= 15 is 0 Å². The van der Waals surface area contributed by atoms with E-state index in [1.54, 1.807) is 0 Å². The molecule has 0 saturated heterocycles. The van der Waals surface area contributed by atoms with Crippen molar-refractivity contribution in [1.29, 1.82) is 0 Å². The molecule has 0 aliphatic carbocycles. The smallest absolute Gasteiger partial charge is 0.0715 e. The monoisotopic (exact) mass is 277 g/mol. The molecule has 0 bridgehead atoms. The molecule has 1 aromatic heterocycles. The zero-order valence-electron chi connectivity index (χ0n) is 10.8. The van der Waals surface area contributed by atoms with Gasteiger partial charge in [0.2, 0.25) is 0 Å². The Morgan fingerprint density at radius 1 is 0.700 bits per heavy atom. The lowest BCUT2D eigenvalue weighted by atomic mass is 10.1. The summed E-state index contributed by atoms with van der Waals surface area (Å²) < 4.78 is 2.14. The quantitative estimate of drug-likeness (QED) is 0.437. The highest BCUT2D eigenvalue weighted by atomic mass is 35.5. The fraction of sp³-hybridized carbons (Fsp3) is 0. The predicted molar refractivity (Wildman–Crippen MR) is 85.8 cm³/mol. The number of aromatic nitrogens is 1. The van der Waals surface area contributed by atoms with Crippen LogP contribution in [0.4, 0.5) is 0 Å². The Kier molecular flexibility index (Phi) is 2.54. The number of fused-ring (bicyclic) bond motifs is 2. The lowest BCUT2D eigenvalue weighted by Gasteiger charge is -2.08. The topological polar surface area (TPSA) is 4.93 Å². The van der Waals surface area contributed by atoms with Gasteiger partial charge in [-0.15, -0.1) is 0 Å². The maximum Gasteiger partial charge on any atom is 0.0715 e. The standard InChI is InChI=1S/C18H12ClN/c19-17-7-3-6-14-10-11-20(18(14)17)16-9-8-13-4-1-2-5-15(13)12-16/h1-12H. The Balaban J connectivity index is 2.01. The Labute approximate surface area is 122 Å². The van der Waals surface area contributed by atoms with Crippen molar-refractivity contribution in [3.63, 3.8) is 0 Å². The van der Waals surface area contributed by atoms with Gasteiger partial charge in [0, 0.05) is 17.3 Å². The van der Waals surface area contributed by atoms with Crippen LogP contribution in [0.15, 0.2) is 72.9 Å². The van der Waals surface area contributed by atoms with Crippen LogP contribution >= 0.6 is 11.6 Å². The van der Waals surface area contributed by atoms with Crippen LogP contribution in [-0.2, 0) is 0 Å². The zero-order valence-corrected chi connectivity index (χ0v) is 11.5. The second kappa shape index (κ2) is 4.39. The molecule has 0 radical (unpaired) electrons.